The van der Waals surface area contributed by atoms with Gasteiger partial charge in [0.05, 0.1) is 25.5 Å². The summed E-state index contributed by atoms with van der Waals surface area (Å²) in [6.45, 7) is 3.14. The van der Waals surface area contributed by atoms with Crippen molar-refractivity contribution in [1.82, 2.24) is 15.5 Å². The molecule has 0 aliphatic carbocycles. The molecule has 3 aromatic carbocycles. The van der Waals surface area contributed by atoms with Gasteiger partial charge >= 0.3 is 5.97 Å². The number of aliphatic carboxylic acids is 1. The summed E-state index contributed by atoms with van der Waals surface area (Å²) in [7, 11) is 0. The molecule has 49 heavy (non-hydrogen) atoms. The van der Waals surface area contributed by atoms with E-state index in [1.54, 1.807) is 0 Å². The highest BCUT2D eigenvalue weighted by Crippen LogP contribution is 2.40. The first-order chi connectivity index (χ1) is 23.8. The lowest BCUT2D eigenvalue weighted by atomic mass is 9.85. The van der Waals surface area contributed by atoms with Gasteiger partial charge in [-0.25, -0.2) is 0 Å². The van der Waals surface area contributed by atoms with Gasteiger partial charge in [-0.05, 0) is 54.5 Å². The molecule has 0 radical (unpaired) electrons. The van der Waals surface area contributed by atoms with Gasteiger partial charge in [0.25, 0.3) is 0 Å². The minimum absolute atomic E-state index is 0.0200. The number of aliphatic hydroxyl groups excluding tert-OH is 1. The van der Waals surface area contributed by atoms with Crippen molar-refractivity contribution in [3.8, 4) is 0 Å². The Morgan fingerprint density at radius 3 is 2.24 bits per heavy atom. The number of para-hydroxylation sites is 1. The van der Waals surface area contributed by atoms with Crippen LogP contribution in [0.4, 0.5) is 5.69 Å². The topological polar surface area (TPSA) is 141 Å². The number of benzene rings is 3. The number of rotatable bonds is 13. The summed E-state index contributed by atoms with van der Waals surface area (Å²) in [5.41, 5.74) is 4.20. The Morgan fingerprint density at radius 1 is 0.878 bits per heavy atom. The van der Waals surface area contributed by atoms with E-state index in [1.165, 1.54) is 0 Å². The maximum atomic E-state index is 13.2. The molecule has 0 aromatic heterocycles. The van der Waals surface area contributed by atoms with Crippen LogP contribution in [-0.4, -0.2) is 70.8 Å². The third kappa shape index (κ3) is 8.48. The number of nitrogens with one attached hydrogen (secondary N) is 2. The quantitative estimate of drug-likeness (QED) is 0.195. The zero-order valence-electron chi connectivity index (χ0n) is 27.8. The molecule has 3 atom stereocenters. The van der Waals surface area contributed by atoms with Crippen LogP contribution in [0.15, 0.2) is 78.9 Å². The molecule has 3 saturated heterocycles. The maximum absolute atomic E-state index is 13.2. The Bertz CT molecular complexity index is 1560. The number of anilines is 1. The third-order valence-electron chi connectivity index (χ3n) is 9.95. The van der Waals surface area contributed by atoms with Crippen molar-refractivity contribution in [3.05, 3.63) is 101 Å². The van der Waals surface area contributed by atoms with Gasteiger partial charge in [0.15, 0.2) is 6.29 Å². The fraction of sp³-hybridized carbons (Fsp3) is 0.447. The molecule has 11 nitrogen and oxygen atoms in total. The Morgan fingerprint density at radius 2 is 1.55 bits per heavy atom. The number of aliphatic hydroxyl groups is 1. The zero-order valence-corrected chi connectivity index (χ0v) is 27.8. The van der Waals surface area contributed by atoms with Crippen molar-refractivity contribution in [2.24, 2.45) is 0 Å². The van der Waals surface area contributed by atoms with Gasteiger partial charge in [-0.15, -0.1) is 0 Å². The van der Waals surface area contributed by atoms with Crippen LogP contribution >= 0.6 is 0 Å². The molecule has 260 valence electrons. The van der Waals surface area contributed by atoms with Crippen LogP contribution in [0.2, 0.25) is 0 Å². The largest absolute Gasteiger partial charge is 0.481 e. The Labute approximate surface area is 287 Å². The van der Waals surface area contributed by atoms with Gasteiger partial charge in [-0.3, -0.25) is 14.4 Å². The van der Waals surface area contributed by atoms with Crippen molar-refractivity contribution >= 4 is 23.5 Å². The maximum Gasteiger partial charge on any atom is 0.303 e. The Kier molecular flexibility index (Phi) is 11.3. The number of hydrogen-bond donors (Lipinski definition) is 4. The van der Waals surface area contributed by atoms with E-state index in [2.05, 4.69) is 32.6 Å². The molecule has 2 amide bonds. The molecule has 3 aliphatic heterocycles. The van der Waals surface area contributed by atoms with Gasteiger partial charge in [0.1, 0.15) is 5.54 Å². The highest BCUT2D eigenvalue weighted by Gasteiger charge is 2.50. The van der Waals surface area contributed by atoms with Crippen LogP contribution in [-0.2, 0) is 37.0 Å². The van der Waals surface area contributed by atoms with E-state index in [0.717, 1.165) is 53.9 Å². The summed E-state index contributed by atoms with van der Waals surface area (Å²) in [4.78, 5) is 40.7. The normalized spacial score (nSPS) is 22.2. The van der Waals surface area contributed by atoms with E-state index in [1.807, 2.05) is 66.7 Å². The first-order valence-corrected chi connectivity index (χ1v) is 17.2. The third-order valence-corrected chi connectivity index (χ3v) is 9.95. The lowest BCUT2D eigenvalue weighted by Gasteiger charge is -2.45. The molecule has 3 heterocycles. The van der Waals surface area contributed by atoms with Crippen molar-refractivity contribution in [2.45, 2.75) is 82.1 Å². The molecule has 4 N–H and O–H groups in total. The Balaban J connectivity index is 1.09. The average molecular weight is 671 g/mol. The standard InChI is InChI=1S/C38H46N4O7/c43-25-28-12-14-29(15-13-28)33-22-32(24-41-20-18-38(19-21-41)37(47)40-26-42(38)31-6-2-1-3-7-31)48-36(49-33)30-16-10-27(11-17-30)23-39-34(44)8-4-5-9-35(45)46/h1-3,6-7,10-17,32-33,36,43H,4-5,8-9,18-26H2,(H,39,44)(H,40,47)(H,45,46)/t32-,33+,36+/m0/s1. The number of piperidine rings is 1. The van der Waals surface area contributed by atoms with Crippen molar-refractivity contribution in [2.75, 3.05) is 31.2 Å². The van der Waals surface area contributed by atoms with Gasteiger partial charge in [-0.1, -0.05) is 66.7 Å². The van der Waals surface area contributed by atoms with Gasteiger partial charge < -0.3 is 40.1 Å². The van der Waals surface area contributed by atoms with Crippen LogP contribution in [0.3, 0.4) is 0 Å². The van der Waals surface area contributed by atoms with E-state index in [-0.39, 0.29) is 37.0 Å². The highest BCUT2D eigenvalue weighted by atomic mass is 16.7. The summed E-state index contributed by atoms with van der Waals surface area (Å²) in [6, 6.07) is 25.8. The number of nitrogens with zero attached hydrogens (tertiary/aromatic N) is 2. The van der Waals surface area contributed by atoms with Gasteiger partial charge in [0, 0.05) is 56.7 Å². The number of amides is 2. The van der Waals surface area contributed by atoms with E-state index in [0.29, 0.717) is 45.4 Å². The molecule has 3 aromatic rings. The molecule has 0 saturated carbocycles. The molecular weight excluding hydrogens is 624 g/mol. The summed E-state index contributed by atoms with van der Waals surface area (Å²) in [5, 5.41) is 24.3. The summed E-state index contributed by atoms with van der Waals surface area (Å²) in [5.74, 6) is -0.849. The van der Waals surface area contributed by atoms with Gasteiger partial charge in [-0.2, -0.15) is 0 Å². The van der Waals surface area contributed by atoms with Crippen LogP contribution in [0.25, 0.3) is 0 Å². The van der Waals surface area contributed by atoms with E-state index >= 15 is 0 Å². The second-order valence-corrected chi connectivity index (χ2v) is 13.2. The van der Waals surface area contributed by atoms with Crippen LogP contribution < -0.4 is 15.5 Å². The van der Waals surface area contributed by atoms with Crippen molar-refractivity contribution in [1.29, 1.82) is 0 Å². The lowest BCUT2D eigenvalue weighted by molar-refractivity contribution is -0.253. The molecule has 6 rings (SSSR count). The number of ether oxygens (including phenoxy) is 2. The Hall–Kier alpha value is -4.29. The zero-order chi connectivity index (χ0) is 34.2. The van der Waals surface area contributed by atoms with Gasteiger partial charge in [0.2, 0.25) is 11.8 Å². The monoisotopic (exact) mass is 670 g/mol. The van der Waals surface area contributed by atoms with E-state index in [4.69, 9.17) is 14.6 Å². The molecule has 3 aliphatic rings. The van der Waals surface area contributed by atoms with Crippen LogP contribution in [0.5, 0.6) is 0 Å². The summed E-state index contributed by atoms with van der Waals surface area (Å²) < 4.78 is 13.1. The smallest absolute Gasteiger partial charge is 0.303 e. The molecule has 0 unspecified atom stereocenters. The predicted molar refractivity (Wildman–Crippen MR) is 183 cm³/mol. The molecule has 1 spiro atoms. The van der Waals surface area contributed by atoms with Crippen LogP contribution in [0, 0.1) is 0 Å². The van der Waals surface area contributed by atoms with E-state index in [9.17, 15) is 19.5 Å². The fourth-order valence-electron chi connectivity index (χ4n) is 7.10. The second kappa shape index (κ2) is 15.9. The number of hydrogen-bond acceptors (Lipinski definition) is 8. The number of likely N-dealkylation sites (tertiary alicyclic amines) is 1. The molecule has 11 heteroatoms. The molecule has 0 bridgehead atoms. The predicted octanol–water partition coefficient (Wildman–Crippen LogP) is 4.41. The fourth-order valence-corrected chi connectivity index (χ4v) is 7.10. The summed E-state index contributed by atoms with van der Waals surface area (Å²) >= 11 is 0. The summed E-state index contributed by atoms with van der Waals surface area (Å²) in [6.07, 6.45) is 2.61. The number of unbranched alkanes of at least 4 members (excludes halogenated alkanes) is 1. The number of carboxylic acid groups (broad SMARTS) is 1. The average Bonchev–Trinajstić information content (AvgIpc) is 3.45. The van der Waals surface area contributed by atoms with Crippen LogP contribution in [0.1, 0.15) is 79.6 Å². The first-order valence-electron chi connectivity index (χ1n) is 17.2. The number of carboxylic acids is 1. The molecular formula is C38H46N4O7. The van der Waals surface area contributed by atoms with E-state index < -0.39 is 17.8 Å². The second-order valence-electron chi connectivity index (χ2n) is 13.2. The van der Waals surface area contributed by atoms with Crippen molar-refractivity contribution in [3.63, 3.8) is 0 Å². The minimum atomic E-state index is -0.849. The number of carbonyl (C=O) groups excluding carboxylic acids is 2. The minimum Gasteiger partial charge on any atom is -0.481 e. The molecule has 3 fully saturated rings. The first kappa shape index (κ1) is 34.6. The SMILES string of the molecule is O=C(O)CCCCC(=O)NCc1ccc([C@@H]2O[C@H](CN3CCC4(CC3)C(=O)NCN4c3ccccc3)C[C@H](c3ccc(CO)cc3)O2)cc1. The van der Waals surface area contributed by atoms with Crippen molar-refractivity contribution < 1.29 is 34.1 Å². The lowest BCUT2D eigenvalue weighted by Crippen LogP contribution is -2.57. The highest BCUT2D eigenvalue weighted by molar-refractivity contribution is 5.93. The number of carbonyl (C=O) groups is 3.